The van der Waals surface area contributed by atoms with E-state index in [4.69, 9.17) is 4.74 Å². The van der Waals surface area contributed by atoms with Crippen LogP contribution in [-0.2, 0) is 26.8 Å². The summed E-state index contributed by atoms with van der Waals surface area (Å²) in [7, 11) is 0. The molecule has 3 rings (SSSR count). The molecule has 6 heteroatoms. The first-order valence-corrected chi connectivity index (χ1v) is 13.0. The normalized spacial score (nSPS) is 14.6. The summed E-state index contributed by atoms with van der Waals surface area (Å²) in [6.07, 6.45) is 1.10. The summed E-state index contributed by atoms with van der Waals surface area (Å²) >= 11 is 0. The van der Waals surface area contributed by atoms with Crippen LogP contribution < -0.4 is 4.90 Å². The summed E-state index contributed by atoms with van der Waals surface area (Å²) in [6.45, 7) is 17.6. The predicted octanol–water partition coefficient (Wildman–Crippen LogP) is 5.45. The SMILES string of the molecule is CCOC(=O)c1ccc(N2CCN(C(=O)CCc3cc(C(C)(C)C)c(O)c(C(C)(C)C)c3)CC2)cc1. The Kier molecular flexibility index (Phi) is 8.37. The van der Waals surface area contributed by atoms with Gasteiger partial charge in [0.1, 0.15) is 5.75 Å². The Morgan fingerprint density at radius 2 is 1.42 bits per heavy atom. The summed E-state index contributed by atoms with van der Waals surface area (Å²) in [5.41, 5.74) is 4.18. The van der Waals surface area contributed by atoms with E-state index in [1.54, 1.807) is 19.1 Å². The number of rotatable bonds is 6. The maximum absolute atomic E-state index is 13.0. The Bertz CT molecular complexity index is 1030. The fraction of sp³-hybridized carbons (Fsp3) is 0.533. The van der Waals surface area contributed by atoms with Crippen LogP contribution in [-0.4, -0.2) is 54.7 Å². The smallest absolute Gasteiger partial charge is 0.338 e. The molecule has 0 spiro atoms. The lowest BCUT2D eigenvalue weighted by Gasteiger charge is -2.36. The molecule has 1 heterocycles. The van der Waals surface area contributed by atoms with Gasteiger partial charge < -0.3 is 19.6 Å². The molecular formula is C30H42N2O4. The van der Waals surface area contributed by atoms with E-state index >= 15 is 0 Å². The van der Waals surface area contributed by atoms with E-state index < -0.39 is 0 Å². The zero-order valence-electron chi connectivity index (χ0n) is 23.0. The largest absolute Gasteiger partial charge is 0.507 e. The van der Waals surface area contributed by atoms with E-state index in [-0.39, 0.29) is 22.7 Å². The molecule has 0 saturated carbocycles. The van der Waals surface area contributed by atoms with Crippen LogP contribution in [0.4, 0.5) is 5.69 Å². The molecule has 1 N–H and O–H groups in total. The number of carbonyl (C=O) groups excluding carboxylic acids is 2. The van der Waals surface area contributed by atoms with Gasteiger partial charge in [0.2, 0.25) is 5.91 Å². The standard InChI is InChI=1S/C30H42N2O4/c1-8-36-28(35)22-10-12-23(13-11-22)31-15-17-32(18-16-31)26(33)14-9-21-19-24(29(2,3)4)27(34)25(20-21)30(5,6)7/h10-13,19-20,34H,8-9,14-18H2,1-7H3. The zero-order chi connectivity index (χ0) is 26.7. The highest BCUT2D eigenvalue weighted by Crippen LogP contribution is 2.40. The number of aromatic hydroxyl groups is 1. The minimum Gasteiger partial charge on any atom is -0.507 e. The van der Waals surface area contributed by atoms with Crippen LogP contribution in [0.25, 0.3) is 0 Å². The first-order valence-electron chi connectivity index (χ1n) is 13.0. The second kappa shape index (κ2) is 10.9. The number of carbonyl (C=O) groups is 2. The average molecular weight is 495 g/mol. The van der Waals surface area contributed by atoms with E-state index in [0.717, 1.165) is 35.5 Å². The molecule has 0 unspecified atom stereocenters. The van der Waals surface area contributed by atoms with Crippen molar-refractivity contribution in [2.45, 2.75) is 72.1 Å². The van der Waals surface area contributed by atoms with Crippen molar-refractivity contribution in [3.63, 3.8) is 0 Å². The number of ether oxygens (including phenoxy) is 1. The fourth-order valence-corrected chi connectivity index (χ4v) is 4.63. The highest BCUT2D eigenvalue weighted by Gasteiger charge is 2.27. The Labute approximate surface area is 216 Å². The van der Waals surface area contributed by atoms with E-state index in [1.165, 1.54) is 0 Å². The minimum atomic E-state index is -0.308. The van der Waals surface area contributed by atoms with Gasteiger partial charge in [-0.3, -0.25) is 4.79 Å². The van der Waals surface area contributed by atoms with Gasteiger partial charge in [0.05, 0.1) is 12.2 Å². The van der Waals surface area contributed by atoms with Crippen molar-refractivity contribution in [2.24, 2.45) is 0 Å². The first kappa shape index (κ1) is 27.6. The molecule has 36 heavy (non-hydrogen) atoms. The number of amides is 1. The van der Waals surface area contributed by atoms with Crippen molar-refractivity contribution >= 4 is 17.6 Å². The van der Waals surface area contributed by atoms with Gasteiger partial charge in [0, 0.05) is 38.3 Å². The van der Waals surface area contributed by atoms with Crippen molar-refractivity contribution in [3.8, 4) is 5.75 Å². The lowest BCUT2D eigenvalue weighted by Crippen LogP contribution is -2.48. The second-order valence-corrected chi connectivity index (χ2v) is 11.7. The molecule has 1 fully saturated rings. The highest BCUT2D eigenvalue weighted by atomic mass is 16.5. The van der Waals surface area contributed by atoms with Crippen LogP contribution in [0.2, 0.25) is 0 Å². The van der Waals surface area contributed by atoms with E-state index in [0.29, 0.717) is 43.9 Å². The zero-order valence-corrected chi connectivity index (χ0v) is 23.0. The Hall–Kier alpha value is -3.02. The number of esters is 1. The van der Waals surface area contributed by atoms with Gasteiger partial charge in [0.25, 0.3) is 0 Å². The number of benzene rings is 2. The summed E-state index contributed by atoms with van der Waals surface area (Å²) in [6, 6.07) is 11.6. The van der Waals surface area contributed by atoms with Crippen molar-refractivity contribution in [2.75, 3.05) is 37.7 Å². The highest BCUT2D eigenvalue weighted by molar-refractivity contribution is 5.89. The average Bonchev–Trinajstić information content (AvgIpc) is 2.82. The molecule has 0 bridgehead atoms. The molecule has 0 aromatic heterocycles. The number of nitrogens with zero attached hydrogens (tertiary/aromatic N) is 2. The van der Waals surface area contributed by atoms with Crippen LogP contribution >= 0.6 is 0 Å². The molecule has 1 saturated heterocycles. The fourth-order valence-electron chi connectivity index (χ4n) is 4.63. The molecule has 196 valence electrons. The minimum absolute atomic E-state index is 0.162. The quantitative estimate of drug-likeness (QED) is 0.541. The number of aryl methyl sites for hydroxylation is 1. The lowest BCUT2D eigenvalue weighted by atomic mass is 9.78. The van der Waals surface area contributed by atoms with Crippen LogP contribution in [0.15, 0.2) is 36.4 Å². The molecule has 1 amide bonds. The van der Waals surface area contributed by atoms with Gasteiger partial charge in [-0.1, -0.05) is 53.7 Å². The third-order valence-electron chi connectivity index (χ3n) is 6.79. The van der Waals surface area contributed by atoms with Crippen molar-refractivity contribution < 1.29 is 19.4 Å². The number of hydrogen-bond donors (Lipinski definition) is 1. The summed E-state index contributed by atoms with van der Waals surface area (Å²) < 4.78 is 5.05. The van der Waals surface area contributed by atoms with Crippen molar-refractivity contribution in [3.05, 3.63) is 58.7 Å². The molecule has 0 radical (unpaired) electrons. The van der Waals surface area contributed by atoms with Gasteiger partial charge in [-0.15, -0.1) is 0 Å². The molecule has 2 aromatic carbocycles. The third-order valence-corrected chi connectivity index (χ3v) is 6.79. The summed E-state index contributed by atoms with van der Waals surface area (Å²) in [5.74, 6) is 0.226. The number of anilines is 1. The van der Waals surface area contributed by atoms with Crippen LogP contribution in [0.1, 0.15) is 81.9 Å². The first-order chi connectivity index (χ1) is 16.8. The van der Waals surface area contributed by atoms with Gasteiger partial charge in [-0.2, -0.15) is 0 Å². The topological polar surface area (TPSA) is 70.1 Å². The Morgan fingerprint density at radius 3 is 1.89 bits per heavy atom. The molecular weight excluding hydrogens is 452 g/mol. The number of piperazine rings is 1. The second-order valence-electron chi connectivity index (χ2n) is 11.7. The van der Waals surface area contributed by atoms with Crippen LogP contribution in [0.5, 0.6) is 5.75 Å². The molecule has 2 aromatic rings. The third kappa shape index (κ3) is 6.59. The molecule has 1 aliphatic heterocycles. The van der Waals surface area contributed by atoms with Gasteiger partial charge >= 0.3 is 5.97 Å². The molecule has 0 atom stereocenters. The molecule has 1 aliphatic rings. The van der Waals surface area contributed by atoms with Crippen LogP contribution in [0.3, 0.4) is 0 Å². The predicted molar refractivity (Wildman–Crippen MR) is 145 cm³/mol. The van der Waals surface area contributed by atoms with Gasteiger partial charge in [-0.05, 0) is 65.1 Å². The number of phenols is 1. The van der Waals surface area contributed by atoms with Crippen LogP contribution in [0, 0.1) is 0 Å². The Balaban J connectivity index is 1.61. The van der Waals surface area contributed by atoms with Gasteiger partial charge in [-0.25, -0.2) is 4.79 Å². The van der Waals surface area contributed by atoms with E-state index in [9.17, 15) is 14.7 Å². The monoisotopic (exact) mass is 494 g/mol. The summed E-state index contributed by atoms with van der Waals surface area (Å²) in [5, 5.41) is 10.9. The Morgan fingerprint density at radius 1 is 0.889 bits per heavy atom. The maximum Gasteiger partial charge on any atom is 0.338 e. The number of phenolic OH excluding ortho intramolecular Hbond substituents is 1. The molecule has 0 aliphatic carbocycles. The molecule has 6 nitrogen and oxygen atoms in total. The van der Waals surface area contributed by atoms with Gasteiger partial charge in [0.15, 0.2) is 0 Å². The maximum atomic E-state index is 13.0. The summed E-state index contributed by atoms with van der Waals surface area (Å²) in [4.78, 5) is 29.1. The number of hydrogen-bond acceptors (Lipinski definition) is 5. The van der Waals surface area contributed by atoms with Crippen molar-refractivity contribution in [1.29, 1.82) is 0 Å². The van der Waals surface area contributed by atoms with E-state index in [1.807, 2.05) is 17.0 Å². The lowest BCUT2D eigenvalue weighted by molar-refractivity contribution is -0.131. The van der Waals surface area contributed by atoms with E-state index in [2.05, 4.69) is 58.6 Å². The van der Waals surface area contributed by atoms with Crippen molar-refractivity contribution in [1.82, 2.24) is 4.90 Å².